The van der Waals surface area contributed by atoms with Gasteiger partial charge in [-0.1, -0.05) is 13.0 Å². The van der Waals surface area contributed by atoms with Crippen molar-refractivity contribution in [1.82, 2.24) is 10.2 Å². The van der Waals surface area contributed by atoms with Crippen LogP contribution in [0.15, 0.2) is 24.3 Å². The molecule has 5 nitrogen and oxygen atoms in total. The van der Waals surface area contributed by atoms with E-state index in [1.807, 2.05) is 6.92 Å². The molecule has 1 aromatic rings. The first-order valence-electron chi connectivity index (χ1n) is 5.94. The number of likely N-dealkylation sites (N-methyl/N-ethyl adjacent to an activating group) is 1. The number of carbonyl (C=O) groups excluding carboxylic acids is 2. The molecule has 0 saturated carbocycles. The highest BCUT2D eigenvalue weighted by atomic mass is 35.5. The number of anilines is 1. The summed E-state index contributed by atoms with van der Waals surface area (Å²) < 4.78 is 0. The van der Waals surface area contributed by atoms with Crippen molar-refractivity contribution >= 4 is 29.9 Å². The van der Waals surface area contributed by atoms with Gasteiger partial charge in [-0.15, -0.1) is 12.4 Å². The van der Waals surface area contributed by atoms with E-state index in [9.17, 15) is 9.59 Å². The number of benzene rings is 1. The monoisotopic (exact) mass is 285 g/mol. The molecule has 0 fully saturated rings. The van der Waals surface area contributed by atoms with Crippen molar-refractivity contribution in [2.45, 2.75) is 13.3 Å². The number of nitrogen functional groups attached to an aromatic ring is 1. The van der Waals surface area contributed by atoms with E-state index in [0.717, 1.165) is 6.42 Å². The molecule has 0 unspecified atom stereocenters. The lowest BCUT2D eigenvalue weighted by Gasteiger charge is -2.21. The second kappa shape index (κ2) is 8.37. The van der Waals surface area contributed by atoms with E-state index in [-0.39, 0.29) is 30.8 Å². The third-order valence-electron chi connectivity index (χ3n) is 2.53. The fraction of sp³-hybridized carbons (Fsp3) is 0.385. The van der Waals surface area contributed by atoms with E-state index in [2.05, 4.69) is 5.32 Å². The van der Waals surface area contributed by atoms with Gasteiger partial charge in [0.15, 0.2) is 0 Å². The summed E-state index contributed by atoms with van der Waals surface area (Å²) in [6, 6.07) is 6.77. The molecule has 106 valence electrons. The number of halogens is 1. The third kappa shape index (κ3) is 5.18. The van der Waals surface area contributed by atoms with Crippen molar-refractivity contribution in [3.8, 4) is 0 Å². The molecule has 0 heterocycles. The van der Waals surface area contributed by atoms with Gasteiger partial charge in [-0.2, -0.15) is 0 Å². The maximum atomic E-state index is 12.2. The molecular weight excluding hydrogens is 266 g/mol. The normalized spacial score (nSPS) is 9.37. The Kier molecular flexibility index (Phi) is 7.60. The Morgan fingerprint density at radius 3 is 2.58 bits per heavy atom. The summed E-state index contributed by atoms with van der Waals surface area (Å²) in [7, 11) is 1.55. The fourth-order valence-electron chi connectivity index (χ4n) is 1.63. The van der Waals surface area contributed by atoms with Crippen LogP contribution < -0.4 is 11.1 Å². The molecule has 0 aliphatic carbocycles. The summed E-state index contributed by atoms with van der Waals surface area (Å²) in [6.07, 6.45) is 0.797. The highest BCUT2D eigenvalue weighted by molar-refractivity contribution is 5.97. The van der Waals surface area contributed by atoms with Crippen molar-refractivity contribution in [2.75, 3.05) is 25.9 Å². The zero-order valence-electron chi connectivity index (χ0n) is 11.2. The van der Waals surface area contributed by atoms with Crippen LogP contribution in [0.4, 0.5) is 5.69 Å². The average Bonchev–Trinajstić information content (AvgIpc) is 2.37. The van der Waals surface area contributed by atoms with Gasteiger partial charge >= 0.3 is 0 Å². The second-order valence-corrected chi connectivity index (χ2v) is 4.03. The lowest BCUT2D eigenvalue weighted by Crippen LogP contribution is -2.40. The number of hydrogen-bond acceptors (Lipinski definition) is 3. The van der Waals surface area contributed by atoms with Crippen LogP contribution in [0.1, 0.15) is 23.7 Å². The number of nitrogens with one attached hydrogen (secondary N) is 1. The Morgan fingerprint density at radius 1 is 1.37 bits per heavy atom. The quantitative estimate of drug-likeness (QED) is 0.801. The molecule has 1 rings (SSSR count). The number of amides is 2. The van der Waals surface area contributed by atoms with E-state index >= 15 is 0 Å². The molecule has 19 heavy (non-hydrogen) atoms. The van der Waals surface area contributed by atoms with Crippen molar-refractivity contribution in [2.24, 2.45) is 0 Å². The molecule has 1 aromatic carbocycles. The number of rotatable bonds is 5. The maximum absolute atomic E-state index is 12.2. The van der Waals surface area contributed by atoms with Crippen LogP contribution in [0, 0.1) is 0 Å². The Bertz CT molecular complexity index is 438. The molecule has 3 N–H and O–H groups in total. The lowest BCUT2D eigenvalue weighted by atomic mass is 10.1. The molecule has 0 aliphatic heterocycles. The highest BCUT2D eigenvalue weighted by Gasteiger charge is 2.17. The van der Waals surface area contributed by atoms with Gasteiger partial charge in [0.1, 0.15) is 0 Å². The number of hydrogen-bond donors (Lipinski definition) is 2. The topological polar surface area (TPSA) is 75.4 Å². The van der Waals surface area contributed by atoms with Crippen LogP contribution >= 0.6 is 12.4 Å². The van der Waals surface area contributed by atoms with Crippen molar-refractivity contribution in [1.29, 1.82) is 0 Å². The lowest BCUT2D eigenvalue weighted by molar-refractivity contribution is -0.121. The van der Waals surface area contributed by atoms with Gasteiger partial charge in [-0.25, -0.2) is 0 Å². The zero-order chi connectivity index (χ0) is 13.5. The number of nitrogens with zero attached hydrogens (tertiary/aromatic N) is 1. The van der Waals surface area contributed by atoms with E-state index in [1.165, 1.54) is 4.90 Å². The van der Waals surface area contributed by atoms with Gasteiger partial charge in [0.05, 0.1) is 6.54 Å². The standard InChI is InChI=1S/C13H19N3O2.ClH/c1-3-7-16(9-12(17)15-2)13(18)10-5-4-6-11(14)8-10;/h4-6,8H,3,7,9,14H2,1-2H3,(H,15,17);1H. The average molecular weight is 286 g/mol. The van der Waals surface area contributed by atoms with Crippen LogP contribution in [0.5, 0.6) is 0 Å². The zero-order valence-corrected chi connectivity index (χ0v) is 12.0. The first-order chi connectivity index (χ1) is 8.58. The minimum atomic E-state index is -0.180. The first kappa shape index (κ1) is 17.2. The minimum absolute atomic E-state index is 0. The van der Waals surface area contributed by atoms with Crippen LogP contribution in [0.25, 0.3) is 0 Å². The van der Waals surface area contributed by atoms with Gasteiger partial charge in [-0.3, -0.25) is 9.59 Å². The van der Waals surface area contributed by atoms with E-state index in [4.69, 9.17) is 5.73 Å². The Hall–Kier alpha value is -1.75. The smallest absolute Gasteiger partial charge is 0.254 e. The van der Waals surface area contributed by atoms with Crippen LogP contribution in [0.2, 0.25) is 0 Å². The maximum Gasteiger partial charge on any atom is 0.254 e. The van der Waals surface area contributed by atoms with Crippen molar-refractivity contribution in [3.05, 3.63) is 29.8 Å². The SMILES string of the molecule is CCCN(CC(=O)NC)C(=O)c1cccc(N)c1.Cl. The van der Waals surface area contributed by atoms with Gasteiger partial charge in [0.2, 0.25) is 5.91 Å². The third-order valence-corrected chi connectivity index (χ3v) is 2.53. The van der Waals surface area contributed by atoms with Crippen LogP contribution in [-0.4, -0.2) is 36.9 Å². The largest absolute Gasteiger partial charge is 0.399 e. The Morgan fingerprint density at radius 2 is 2.05 bits per heavy atom. The number of nitrogens with two attached hydrogens (primary N) is 1. The molecule has 0 saturated heterocycles. The Balaban J connectivity index is 0.00000324. The molecule has 0 aliphatic rings. The fourth-order valence-corrected chi connectivity index (χ4v) is 1.63. The van der Waals surface area contributed by atoms with Gasteiger partial charge in [0.25, 0.3) is 5.91 Å². The molecule has 2 amide bonds. The first-order valence-corrected chi connectivity index (χ1v) is 5.94. The van der Waals surface area contributed by atoms with Gasteiger partial charge < -0.3 is 16.0 Å². The van der Waals surface area contributed by atoms with Crippen molar-refractivity contribution < 1.29 is 9.59 Å². The molecule has 6 heteroatoms. The molecule has 0 aromatic heterocycles. The molecular formula is C13H20ClN3O2. The van der Waals surface area contributed by atoms with Crippen molar-refractivity contribution in [3.63, 3.8) is 0 Å². The van der Waals surface area contributed by atoms with E-state index in [1.54, 1.807) is 31.3 Å². The summed E-state index contributed by atoms with van der Waals surface area (Å²) >= 11 is 0. The summed E-state index contributed by atoms with van der Waals surface area (Å²) in [5, 5.41) is 2.51. The van der Waals surface area contributed by atoms with Gasteiger partial charge in [-0.05, 0) is 24.6 Å². The summed E-state index contributed by atoms with van der Waals surface area (Å²) in [6.45, 7) is 2.57. The molecule has 0 atom stereocenters. The number of carbonyl (C=O) groups is 2. The van der Waals surface area contributed by atoms with E-state index < -0.39 is 0 Å². The Labute approximate surface area is 119 Å². The predicted molar refractivity (Wildman–Crippen MR) is 78.4 cm³/mol. The molecule has 0 radical (unpaired) electrons. The second-order valence-electron chi connectivity index (χ2n) is 4.03. The predicted octanol–water partition coefficient (Wildman–Crippen LogP) is 1.29. The highest BCUT2D eigenvalue weighted by Crippen LogP contribution is 2.10. The summed E-state index contributed by atoms with van der Waals surface area (Å²) in [4.78, 5) is 25.1. The van der Waals surface area contributed by atoms with E-state index in [0.29, 0.717) is 17.8 Å². The molecule has 0 bridgehead atoms. The van der Waals surface area contributed by atoms with Crippen LogP contribution in [-0.2, 0) is 4.79 Å². The minimum Gasteiger partial charge on any atom is -0.399 e. The molecule has 0 spiro atoms. The summed E-state index contributed by atoms with van der Waals surface area (Å²) in [5.74, 6) is -0.353. The van der Waals surface area contributed by atoms with Crippen LogP contribution in [0.3, 0.4) is 0 Å². The summed E-state index contributed by atoms with van der Waals surface area (Å²) in [5.41, 5.74) is 6.69. The van der Waals surface area contributed by atoms with Gasteiger partial charge in [0, 0.05) is 24.8 Å².